The molecule has 1 aromatic carbocycles. The molecule has 2 heterocycles. The number of aliphatic hydroxyl groups is 2. The number of hydrogen-bond donors (Lipinski definition) is 3. The highest BCUT2D eigenvalue weighted by Crippen LogP contribution is 2.33. The van der Waals surface area contributed by atoms with Gasteiger partial charge >= 0.3 is 5.97 Å². The highest BCUT2D eigenvalue weighted by Gasteiger charge is 2.30. The number of aromatic nitrogens is 1. The molecule has 1 amide bonds. The van der Waals surface area contributed by atoms with Crippen molar-refractivity contribution in [3.63, 3.8) is 0 Å². The van der Waals surface area contributed by atoms with Crippen LogP contribution in [0.4, 0.5) is 0 Å². The Morgan fingerprint density at radius 3 is 2.30 bits per heavy atom. The number of pyridine rings is 1. The maximum Gasteiger partial charge on any atom is 0.308 e. The molecule has 8 heteroatoms. The van der Waals surface area contributed by atoms with E-state index in [1.54, 1.807) is 44.7 Å². The summed E-state index contributed by atoms with van der Waals surface area (Å²) in [5.41, 5.74) is 4.11. The molecule has 1 aromatic heterocycles. The molecule has 0 spiro atoms. The molecule has 3 rings (SSSR count). The van der Waals surface area contributed by atoms with E-state index < -0.39 is 5.60 Å². The number of benzene rings is 1. The molecule has 0 aliphatic carbocycles. The van der Waals surface area contributed by atoms with Gasteiger partial charge in [-0.3, -0.25) is 14.6 Å². The largest absolute Gasteiger partial charge is 0.427 e. The lowest BCUT2D eigenvalue weighted by atomic mass is 10.0. The lowest BCUT2D eigenvalue weighted by molar-refractivity contribution is -0.132. The van der Waals surface area contributed by atoms with Crippen LogP contribution in [0.2, 0.25) is 0 Å². The van der Waals surface area contributed by atoms with Crippen molar-refractivity contribution in [1.29, 1.82) is 0 Å². The Morgan fingerprint density at radius 1 is 1.22 bits per heavy atom. The van der Waals surface area contributed by atoms with E-state index in [2.05, 4.69) is 11.9 Å². The predicted octanol–water partition coefficient (Wildman–Crippen LogP) is 4.66. The number of nitrogens with zero attached hydrogens (tertiary/aromatic N) is 2. The Hall–Kier alpha value is -3.07. The van der Waals surface area contributed by atoms with Crippen LogP contribution in [-0.2, 0) is 29.2 Å². The number of esters is 1. The minimum Gasteiger partial charge on any atom is -0.427 e. The Morgan fingerprint density at radius 2 is 1.81 bits per heavy atom. The van der Waals surface area contributed by atoms with Crippen molar-refractivity contribution in [2.75, 3.05) is 13.7 Å². The lowest BCUT2D eigenvalue weighted by Gasteiger charge is -2.18. The van der Waals surface area contributed by atoms with E-state index in [0.717, 1.165) is 27.7 Å². The second-order valence-electron chi connectivity index (χ2n) is 9.17. The molecule has 0 bridgehead atoms. The third-order valence-corrected chi connectivity index (χ3v) is 5.05. The molecular formula is C29H45N3O5. The van der Waals surface area contributed by atoms with Gasteiger partial charge in [0.25, 0.3) is 5.91 Å². The normalized spacial score (nSPS) is 12.6. The number of carbonyl (C=O) groups excluding carboxylic acids is 2. The number of aliphatic hydroxyl groups excluding tert-OH is 1. The number of carbonyl (C=O) groups is 2. The second-order valence-corrected chi connectivity index (χ2v) is 9.17. The average molecular weight is 516 g/mol. The van der Waals surface area contributed by atoms with Crippen molar-refractivity contribution < 1.29 is 24.5 Å². The van der Waals surface area contributed by atoms with E-state index in [1.807, 2.05) is 33.0 Å². The summed E-state index contributed by atoms with van der Waals surface area (Å²) in [7, 11) is 1.85. The Bertz CT molecular complexity index is 1110. The number of allylic oxidation sites excluding steroid dienone is 2. The molecule has 0 unspecified atom stereocenters. The van der Waals surface area contributed by atoms with Crippen LogP contribution in [0, 0.1) is 0 Å². The number of ether oxygens (including phenoxy) is 1. The molecule has 0 radical (unpaired) electrons. The van der Waals surface area contributed by atoms with Gasteiger partial charge in [0.15, 0.2) is 0 Å². The number of nitrogens with one attached hydrogen (secondary N) is 1. The Labute approximate surface area is 222 Å². The summed E-state index contributed by atoms with van der Waals surface area (Å²) in [6.07, 6.45) is 1.57. The SMILES string of the molecule is C.C=C/C(C)=C(/CO)C(=O)N1Cc2nc3ccc(OC(C)=O)cc3c(CNC)c2C1.CC.CC(C)(C)O. The molecule has 0 saturated heterocycles. The molecule has 1 aliphatic rings. The van der Waals surface area contributed by atoms with E-state index in [0.29, 0.717) is 36.5 Å². The van der Waals surface area contributed by atoms with Crippen LogP contribution in [0.3, 0.4) is 0 Å². The minimum atomic E-state index is -0.500. The van der Waals surface area contributed by atoms with Gasteiger partial charge in [0.1, 0.15) is 5.75 Å². The zero-order valence-corrected chi connectivity index (χ0v) is 22.9. The van der Waals surface area contributed by atoms with Crippen LogP contribution >= 0.6 is 0 Å². The van der Waals surface area contributed by atoms with Crippen molar-refractivity contribution in [2.45, 2.75) is 81.1 Å². The average Bonchev–Trinajstić information content (AvgIpc) is 3.23. The molecule has 3 N–H and O–H groups in total. The first-order chi connectivity index (χ1) is 16.9. The highest BCUT2D eigenvalue weighted by atomic mass is 16.5. The number of hydrogen-bond acceptors (Lipinski definition) is 7. The fraction of sp³-hybridized carbons (Fsp3) is 0.483. The van der Waals surface area contributed by atoms with Crippen LogP contribution in [0.25, 0.3) is 10.9 Å². The van der Waals surface area contributed by atoms with Gasteiger partial charge in [-0.1, -0.05) is 33.9 Å². The zero-order valence-electron chi connectivity index (χ0n) is 22.9. The Balaban J connectivity index is 0.00000145. The van der Waals surface area contributed by atoms with E-state index in [4.69, 9.17) is 14.8 Å². The molecule has 206 valence electrons. The molecule has 2 aromatic rings. The van der Waals surface area contributed by atoms with Crippen LogP contribution in [0.15, 0.2) is 42.0 Å². The first-order valence-corrected chi connectivity index (χ1v) is 12.1. The van der Waals surface area contributed by atoms with Gasteiger partial charge < -0.3 is 25.2 Å². The summed E-state index contributed by atoms with van der Waals surface area (Å²) in [5.74, 6) is -0.142. The fourth-order valence-electron chi connectivity index (χ4n) is 3.58. The minimum absolute atomic E-state index is 0. The monoisotopic (exact) mass is 515 g/mol. The quantitative estimate of drug-likeness (QED) is 0.222. The van der Waals surface area contributed by atoms with Gasteiger partial charge in [0, 0.05) is 36.5 Å². The van der Waals surface area contributed by atoms with Gasteiger partial charge in [0.05, 0.1) is 30.0 Å². The zero-order chi connectivity index (χ0) is 27.6. The first-order valence-electron chi connectivity index (χ1n) is 12.1. The maximum absolute atomic E-state index is 12.9. The topological polar surface area (TPSA) is 112 Å². The van der Waals surface area contributed by atoms with Crippen LogP contribution in [-0.4, -0.2) is 51.2 Å². The van der Waals surface area contributed by atoms with Crippen LogP contribution < -0.4 is 10.1 Å². The lowest BCUT2D eigenvalue weighted by Crippen LogP contribution is -2.29. The maximum atomic E-state index is 12.9. The predicted molar refractivity (Wildman–Crippen MR) is 150 cm³/mol. The number of rotatable bonds is 6. The molecule has 1 aliphatic heterocycles. The van der Waals surface area contributed by atoms with Crippen LogP contribution in [0.1, 0.15) is 72.7 Å². The number of fused-ring (bicyclic) bond motifs is 2. The summed E-state index contributed by atoms with van der Waals surface area (Å²) in [6, 6.07) is 5.34. The van der Waals surface area contributed by atoms with Crippen molar-refractivity contribution in [1.82, 2.24) is 15.2 Å². The smallest absolute Gasteiger partial charge is 0.308 e. The van der Waals surface area contributed by atoms with E-state index in [9.17, 15) is 14.7 Å². The molecule has 0 saturated carbocycles. The second kappa shape index (κ2) is 15.2. The standard InChI is InChI=1S/C22H25N3O4.C4H10O.C2H6.CH4/c1-5-13(2)19(12-26)22(28)25-10-18-17(9-23-4)16-8-15(29-14(3)27)6-7-20(16)24-21(18)11-25;1-4(2,3)5;1-2;/h5-8,23,26H,1,9-12H2,2-4H3;5H,1-3H3;1-2H3;1H4/b19-13-;;;. The molecule has 8 nitrogen and oxygen atoms in total. The van der Waals surface area contributed by atoms with Gasteiger partial charge in [-0.25, -0.2) is 0 Å². The third kappa shape index (κ3) is 9.72. The van der Waals surface area contributed by atoms with Gasteiger partial charge in [-0.2, -0.15) is 0 Å². The van der Waals surface area contributed by atoms with Gasteiger partial charge in [-0.05, 0) is 64.1 Å². The third-order valence-electron chi connectivity index (χ3n) is 5.05. The van der Waals surface area contributed by atoms with Gasteiger partial charge in [-0.15, -0.1) is 0 Å². The number of amides is 1. The van der Waals surface area contributed by atoms with Crippen molar-refractivity contribution in [2.24, 2.45) is 0 Å². The van der Waals surface area contributed by atoms with E-state index in [-0.39, 0.29) is 25.9 Å². The molecule has 0 atom stereocenters. The van der Waals surface area contributed by atoms with E-state index >= 15 is 0 Å². The van der Waals surface area contributed by atoms with E-state index in [1.165, 1.54) is 6.92 Å². The van der Waals surface area contributed by atoms with Crippen molar-refractivity contribution in [3.05, 3.63) is 58.8 Å². The van der Waals surface area contributed by atoms with Crippen molar-refractivity contribution in [3.8, 4) is 5.75 Å². The summed E-state index contributed by atoms with van der Waals surface area (Å²) >= 11 is 0. The molecule has 37 heavy (non-hydrogen) atoms. The Kier molecular flexibility index (Phi) is 14.0. The molecular weight excluding hydrogens is 470 g/mol. The summed E-state index contributed by atoms with van der Waals surface area (Å²) in [4.78, 5) is 30.7. The van der Waals surface area contributed by atoms with Crippen molar-refractivity contribution >= 4 is 22.8 Å². The fourth-order valence-corrected chi connectivity index (χ4v) is 3.58. The summed E-state index contributed by atoms with van der Waals surface area (Å²) < 4.78 is 5.22. The summed E-state index contributed by atoms with van der Waals surface area (Å²) in [6.45, 7) is 17.1. The summed E-state index contributed by atoms with van der Waals surface area (Å²) in [5, 5.41) is 22.2. The highest BCUT2D eigenvalue weighted by molar-refractivity contribution is 5.95. The van der Waals surface area contributed by atoms with Crippen LogP contribution in [0.5, 0.6) is 5.75 Å². The first kappa shape index (κ1) is 33.9. The van der Waals surface area contributed by atoms with Gasteiger partial charge in [0.2, 0.25) is 0 Å². The molecule has 0 fully saturated rings.